The molecule has 0 saturated heterocycles. The molecule has 1 N–H and O–H groups in total. The minimum absolute atomic E-state index is 0.310. The van der Waals surface area contributed by atoms with Gasteiger partial charge in [0.15, 0.2) is 0 Å². The molecule has 0 aromatic heterocycles. The van der Waals surface area contributed by atoms with E-state index in [4.69, 9.17) is 0 Å². The van der Waals surface area contributed by atoms with Crippen LogP contribution in [0, 0.1) is 15.9 Å². The van der Waals surface area contributed by atoms with Crippen molar-refractivity contribution in [3.63, 3.8) is 0 Å². The molecule has 2 rings (SSSR count). The highest BCUT2D eigenvalue weighted by atomic mass is 19.1. The zero-order valence-electron chi connectivity index (χ0n) is 10.8. The molecule has 2 aromatic carbocycles. The van der Waals surface area contributed by atoms with E-state index in [-0.39, 0.29) is 0 Å². The largest absolute Gasteiger partial charge is 0.358 e. The van der Waals surface area contributed by atoms with Crippen LogP contribution >= 0.6 is 0 Å². The Morgan fingerprint density at radius 2 is 1.71 bits per heavy atom. The van der Waals surface area contributed by atoms with Gasteiger partial charge >= 0.3 is 11.7 Å². The molecule has 0 atom stereocenters. The third-order valence-electron chi connectivity index (χ3n) is 2.65. The maximum atomic E-state index is 12.8. The summed E-state index contributed by atoms with van der Waals surface area (Å²) in [5.74, 6) is -1.50. The number of nitro groups is 1. The van der Waals surface area contributed by atoms with Crippen LogP contribution in [0.4, 0.5) is 4.39 Å². The first-order valence-electron chi connectivity index (χ1n) is 6.04. The Morgan fingerprint density at radius 3 is 2.29 bits per heavy atom. The van der Waals surface area contributed by atoms with Crippen molar-refractivity contribution < 1.29 is 14.1 Å². The van der Waals surface area contributed by atoms with Gasteiger partial charge in [-0.15, -0.1) is 0 Å². The molecular formula is C15H11FN2O3. The van der Waals surface area contributed by atoms with Crippen LogP contribution in [0.3, 0.4) is 0 Å². The highest BCUT2D eigenvalue weighted by Gasteiger charge is 2.16. The third kappa shape index (κ3) is 3.97. The van der Waals surface area contributed by atoms with Crippen LogP contribution in [0.25, 0.3) is 6.08 Å². The second kappa shape index (κ2) is 6.42. The summed E-state index contributed by atoms with van der Waals surface area (Å²) in [4.78, 5) is 22.2. The highest BCUT2D eigenvalue weighted by molar-refractivity contribution is 5.95. The average molecular weight is 286 g/mol. The van der Waals surface area contributed by atoms with E-state index in [1.54, 1.807) is 30.3 Å². The number of carbonyl (C=O) groups is 1. The summed E-state index contributed by atoms with van der Waals surface area (Å²) in [6, 6.07) is 13.3. The maximum Gasteiger partial charge on any atom is 0.339 e. The quantitative estimate of drug-likeness (QED) is 0.694. The number of hydrogen-bond acceptors (Lipinski definition) is 3. The maximum absolute atomic E-state index is 12.8. The summed E-state index contributed by atoms with van der Waals surface area (Å²) in [6.45, 7) is 0. The number of hydrogen-bond donors (Lipinski definition) is 1. The van der Waals surface area contributed by atoms with Crippen LogP contribution in [0.2, 0.25) is 0 Å². The molecule has 0 saturated carbocycles. The molecule has 6 heteroatoms. The van der Waals surface area contributed by atoms with E-state index in [1.807, 2.05) is 0 Å². The molecule has 21 heavy (non-hydrogen) atoms. The van der Waals surface area contributed by atoms with E-state index in [2.05, 4.69) is 5.32 Å². The number of nitrogens with zero attached hydrogens (tertiary/aromatic N) is 1. The number of benzene rings is 2. The summed E-state index contributed by atoms with van der Waals surface area (Å²) in [7, 11) is 0. The lowest BCUT2D eigenvalue weighted by atomic mass is 10.2. The molecule has 0 aliphatic rings. The Kier molecular flexibility index (Phi) is 4.40. The lowest BCUT2D eigenvalue weighted by Gasteiger charge is -2.02. The van der Waals surface area contributed by atoms with Crippen LogP contribution in [-0.4, -0.2) is 10.8 Å². The second-order valence-corrected chi connectivity index (χ2v) is 4.16. The molecule has 0 unspecified atom stereocenters. The van der Waals surface area contributed by atoms with Crippen molar-refractivity contribution in [1.82, 2.24) is 5.32 Å². The standard InChI is InChI=1S/C15H11FN2O3/c16-13-8-6-11(7-9-13)10-14(18(20)21)17-15(19)12-4-2-1-3-5-12/h1-10H,(H,17,19). The van der Waals surface area contributed by atoms with Crippen molar-refractivity contribution in [2.24, 2.45) is 0 Å². The van der Waals surface area contributed by atoms with Crippen LogP contribution in [-0.2, 0) is 0 Å². The highest BCUT2D eigenvalue weighted by Crippen LogP contribution is 2.08. The lowest BCUT2D eigenvalue weighted by molar-refractivity contribution is -0.428. The summed E-state index contributed by atoms with van der Waals surface area (Å²) < 4.78 is 12.8. The van der Waals surface area contributed by atoms with Crippen LogP contribution < -0.4 is 5.32 Å². The number of halogens is 1. The van der Waals surface area contributed by atoms with Gasteiger partial charge < -0.3 is 10.1 Å². The smallest absolute Gasteiger partial charge is 0.339 e. The van der Waals surface area contributed by atoms with Gasteiger partial charge in [-0.05, 0) is 34.8 Å². The first kappa shape index (κ1) is 14.4. The second-order valence-electron chi connectivity index (χ2n) is 4.16. The van der Waals surface area contributed by atoms with Crippen molar-refractivity contribution in [3.8, 4) is 0 Å². The minimum atomic E-state index is -0.704. The topological polar surface area (TPSA) is 72.2 Å². The molecule has 0 fully saturated rings. The van der Waals surface area contributed by atoms with E-state index >= 15 is 0 Å². The normalized spacial score (nSPS) is 11.0. The van der Waals surface area contributed by atoms with Gasteiger partial charge in [-0.3, -0.25) is 0 Å². The third-order valence-corrected chi connectivity index (χ3v) is 2.65. The van der Waals surface area contributed by atoms with Crippen molar-refractivity contribution >= 4 is 12.0 Å². The molecule has 2 aromatic rings. The van der Waals surface area contributed by atoms with Crippen molar-refractivity contribution in [2.75, 3.05) is 0 Å². The Labute approximate surface area is 119 Å². The SMILES string of the molecule is O=C(NC(=Cc1ccc(F)cc1)[N+](=O)[O-])c1ccccc1. The molecular weight excluding hydrogens is 275 g/mol. The molecule has 5 nitrogen and oxygen atoms in total. The Morgan fingerprint density at radius 1 is 1.10 bits per heavy atom. The van der Waals surface area contributed by atoms with Gasteiger partial charge in [-0.1, -0.05) is 30.3 Å². The predicted molar refractivity (Wildman–Crippen MR) is 75.3 cm³/mol. The van der Waals surface area contributed by atoms with E-state index in [0.717, 1.165) is 0 Å². The molecule has 0 aliphatic carbocycles. The number of rotatable bonds is 4. The molecule has 0 spiro atoms. The Balaban J connectivity index is 2.22. The zero-order valence-corrected chi connectivity index (χ0v) is 10.8. The van der Waals surface area contributed by atoms with Crippen molar-refractivity contribution in [3.05, 3.63) is 87.5 Å². The minimum Gasteiger partial charge on any atom is -0.358 e. The fourth-order valence-electron chi connectivity index (χ4n) is 1.63. The molecule has 0 bridgehead atoms. The van der Waals surface area contributed by atoms with E-state index < -0.39 is 22.5 Å². The number of amides is 1. The monoisotopic (exact) mass is 286 g/mol. The van der Waals surface area contributed by atoms with Gasteiger partial charge in [0.1, 0.15) is 5.82 Å². The van der Waals surface area contributed by atoms with Gasteiger partial charge in [0, 0.05) is 6.08 Å². The number of nitrogens with one attached hydrogen (secondary N) is 1. The first-order chi connectivity index (χ1) is 10.1. The van der Waals surface area contributed by atoms with Gasteiger partial charge in [0.25, 0.3) is 0 Å². The van der Waals surface area contributed by atoms with Gasteiger partial charge in [0.05, 0.1) is 5.56 Å². The summed E-state index contributed by atoms with van der Waals surface area (Å²) in [5, 5.41) is 13.2. The zero-order chi connectivity index (χ0) is 15.2. The van der Waals surface area contributed by atoms with Crippen LogP contribution in [0.5, 0.6) is 0 Å². The van der Waals surface area contributed by atoms with Crippen LogP contribution in [0.15, 0.2) is 60.4 Å². The molecule has 0 radical (unpaired) electrons. The van der Waals surface area contributed by atoms with Crippen LogP contribution in [0.1, 0.15) is 15.9 Å². The molecule has 1 amide bonds. The predicted octanol–water partition coefficient (Wildman–Crippen LogP) is 2.83. The lowest BCUT2D eigenvalue weighted by Crippen LogP contribution is -2.26. The molecule has 0 heterocycles. The number of carbonyl (C=O) groups excluding carboxylic acids is 1. The van der Waals surface area contributed by atoms with Gasteiger partial charge in [-0.2, -0.15) is 0 Å². The average Bonchev–Trinajstić information content (AvgIpc) is 2.49. The van der Waals surface area contributed by atoms with E-state index in [0.29, 0.717) is 11.1 Å². The summed E-state index contributed by atoms with van der Waals surface area (Å²) >= 11 is 0. The van der Waals surface area contributed by atoms with E-state index in [1.165, 1.54) is 30.3 Å². The Hall–Kier alpha value is -3.02. The first-order valence-corrected chi connectivity index (χ1v) is 6.04. The molecule has 0 aliphatic heterocycles. The van der Waals surface area contributed by atoms with Gasteiger partial charge in [0.2, 0.25) is 0 Å². The van der Waals surface area contributed by atoms with Gasteiger partial charge in [-0.25, -0.2) is 14.5 Å². The van der Waals surface area contributed by atoms with Crippen molar-refractivity contribution in [2.45, 2.75) is 0 Å². The Bertz CT molecular complexity index is 682. The fourth-order valence-corrected chi connectivity index (χ4v) is 1.63. The van der Waals surface area contributed by atoms with E-state index in [9.17, 15) is 19.3 Å². The fraction of sp³-hybridized carbons (Fsp3) is 0. The van der Waals surface area contributed by atoms with Crippen molar-refractivity contribution in [1.29, 1.82) is 0 Å². The summed E-state index contributed by atoms with van der Waals surface area (Å²) in [5.41, 5.74) is 0.723. The summed E-state index contributed by atoms with van der Waals surface area (Å²) in [6.07, 6.45) is 1.17. The molecule has 106 valence electrons.